The average molecular weight is 372 g/mol. The molecule has 142 valence electrons. The summed E-state index contributed by atoms with van der Waals surface area (Å²) in [7, 11) is 4.34. The van der Waals surface area contributed by atoms with Crippen molar-refractivity contribution in [3.63, 3.8) is 0 Å². The van der Waals surface area contributed by atoms with Gasteiger partial charge in [0.2, 0.25) is 5.75 Å². The van der Waals surface area contributed by atoms with Crippen molar-refractivity contribution in [3.05, 3.63) is 53.6 Å². The molecule has 0 aliphatic rings. The Morgan fingerprint density at radius 3 is 2.04 bits per heavy atom. The highest BCUT2D eigenvalue weighted by Gasteiger charge is 2.10. The number of carbonyl (C=O) groups excluding carboxylic acids is 2. The van der Waals surface area contributed by atoms with Crippen molar-refractivity contribution in [1.29, 1.82) is 0 Å². The smallest absolute Gasteiger partial charge is 0.269 e. The monoisotopic (exact) mass is 372 g/mol. The SMILES string of the molecule is COc1ccc(C(=O)NNC(=O)/C=C/c2cc(OC)c(O)c(OC)c2)cc1. The standard InChI is InChI=1S/C19H20N2O6/c1-25-14-7-5-13(6-8-14)19(24)21-20-17(22)9-4-12-10-15(26-2)18(23)16(11-12)27-3/h4-11,23H,1-3H3,(H,20,22)(H,21,24)/b9-4+. The first-order valence-electron chi connectivity index (χ1n) is 7.86. The summed E-state index contributed by atoms with van der Waals surface area (Å²) in [4.78, 5) is 23.9. The molecule has 0 aromatic heterocycles. The maximum absolute atomic E-state index is 12.0. The average Bonchev–Trinajstić information content (AvgIpc) is 2.71. The lowest BCUT2D eigenvalue weighted by molar-refractivity contribution is -0.117. The number of hydrogen-bond donors (Lipinski definition) is 3. The third-order valence-corrected chi connectivity index (χ3v) is 3.58. The van der Waals surface area contributed by atoms with E-state index in [4.69, 9.17) is 14.2 Å². The van der Waals surface area contributed by atoms with Crippen molar-refractivity contribution < 1.29 is 28.9 Å². The zero-order valence-electron chi connectivity index (χ0n) is 15.1. The van der Waals surface area contributed by atoms with Gasteiger partial charge in [-0.3, -0.25) is 20.4 Å². The molecule has 0 aliphatic heterocycles. The summed E-state index contributed by atoms with van der Waals surface area (Å²) in [6.45, 7) is 0. The summed E-state index contributed by atoms with van der Waals surface area (Å²) >= 11 is 0. The molecule has 0 spiro atoms. The van der Waals surface area contributed by atoms with E-state index in [0.717, 1.165) is 0 Å². The lowest BCUT2D eigenvalue weighted by Crippen LogP contribution is -2.40. The third-order valence-electron chi connectivity index (χ3n) is 3.58. The fourth-order valence-corrected chi connectivity index (χ4v) is 2.16. The summed E-state index contributed by atoms with van der Waals surface area (Å²) in [6, 6.07) is 9.51. The molecule has 0 heterocycles. The van der Waals surface area contributed by atoms with Crippen LogP contribution >= 0.6 is 0 Å². The Morgan fingerprint density at radius 1 is 0.926 bits per heavy atom. The maximum Gasteiger partial charge on any atom is 0.269 e. The highest BCUT2D eigenvalue weighted by Crippen LogP contribution is 2.37. The van der Waals surface area contributed by atoms with Crippen molar-refractivity contribution in [3.8, 4) is 23.0 Å². The first-order valence-corrected chi connectivity index (χ1v) is 7.86. The summed E-state index contributed by atoms with van der Waals surface area (Å²) in [5, 5.41) is 9.87. The molecule has 8 nitrogen and oxygen atoms in total. The van der Waals surface area contributed by atoms with E-state index in [-0.39, 0.29) is 17.2 Å². The Hall–Kier alpha value is -3.68. The molecule has 2 aromatic rings. The van der Waals surface area contributed by atoms with E-state index >= 15 is 0 Å². The van der Waals surface area contributed by atoms with Crippen molar-refractivity contribution >= 4 is 17.9 Å². The number of amides is 2. The van der Waals surface area contributed by atoms with Gasteiger partial charge in [-0.25, -0.2) is 0 Å². The maximum atomic E-state index is 12.0. The number of hydrogen-bond acceptors (Lipinski definition) is 6. The van der Waals surface area contributed by atoms with Crippen molar-refractivity contribution in [2.24, 2.45) is 0 Å². The molecule has 0 saturated heterocycles. The Kier molecular flexibility index (Phi) is 6.65. The minimum Gasteiger partial charge on any atom is -0.502 e. The minimum atomic E-state index is -0.539. The first-order chi connectivity index (χ1) is 13.0. The Labute approximate surface area is 156 Å². The fraction of sp³-hybridized carbons (Fsp3) is 0.158. The van der Waals surface area contributed by atoms with Gasteiger partial charge in [-0.2, -0.15) is 0 Å². The van der Waals surface area contributed by atoms with Crippen LogP contribution in [0.2, 0.25) is 0 Å². The Balaban J connectivity index is 1.97. The summed E-state index contributed by atoms with van der Waals surface area (Å²) < 4.78 is 15.1. The van der Waals surface area contributed by atoms with Gasteiger partial charge in [-0.15, -0.1) is 0 Å². The van der Waals surface area contributed by atoms with Gasteiger partial charge in [0.15, 0.2) is 11.5 Å². The first kappa shape index (κ1) is 19.6. The molecule has 0 fully saturated rings. The number of hydrazine groups is 1. The van der Waals surface area contributed by atoms with Crippen molar-refractivity contribution in [2.75, 3.05) is 21.3 Å². The molecular weight excluding hydrogens is 352 g/mol. The van der Waals surface area contributed by atoms with Crippen LogP contribution in [0.4, 0.5) is 0 Å². The van der Waals surface area contributed by atoms with E-state index in [1.165, 1.54) is 45.6 Å². The number of aromatic hydroxyl groups is 1. The van der Waals surface area contributed by atoms with E-state index in [2.05, 4.69) is 10.9 Å². The predicted octanol–water partition coefficient (Wildman–Crippen LogP) is 1.89. The van der Waals surface area contributed by atoms with Crippen molar-refractivity contribution in [2.45, 2.75) is 0 Å². The molecule has 2 amide bonds. The van der Waals surface area contributed by atoms with Gasteiger partial charge in [0, 0.05) is 11.6 Å². The molecule has 2 aromatic carbocycles. The second kappa shape index (κ2) is 9.14. The van der Waals surface area contributed by atoms with Crippen molar-refractivity contribution in [1.82, 2.24) is 10.9 Å². The van der Waals surface area contributed by atoms with Crippen LogP contribution in [0.3, 0.4) is 0 Å². The molecule has 0 atom stereocenters. The van der Waals surface area contributed by atoms with E-state index in [9.17, 15) is 14.7 Å². The van der Waals surface area contributed by atoms with Gasteiger partial charge in [0.05, 0.1) is 21.3 Å². The van der Waals surface area contributed by atoms with Crippen LogP contribution in [0.1, 0.15) is 15.9 Å². The lowest BCUT2D eigenvalue weighted by Gasteiger charge is -2.09. The van der Waals surface area contributed by atoms with Gasteiger partial charge < -0.3 is 19.3 Å². The molecule has 0 saturated carbocycles. The van der Waals surface area contributed by atoms with E-state index < -0.39 is 11.8 Å². The van der Waals surface area contributed by atoms with Gasteiger partial charge in [0.1, 0.15) is 5.75 Å². The number of methoxy groups -OCH3 is 3. The van der Waals surface area contributed by atoms with Gasteiger partial charge >= 0.3 is 0 Å². The number of benzene rings is 2. The molecule has 0 aliphatic carbocycles. The highest BCUT2D eigenvalue weighted by molar-refractivity contribution is 5.98. The second-order valence-electron chi connectivity index (χ2n) is 5.28. The van der Waals surface area contributed by atoms with Crippen LogP contribution in [0.5, 0.6) is 23.0 Å². The van der Waals surface area contributed by atoms with Gasteiger partial charge in [0.25, 0.3) is 11.8 Å². The Bertz CT molecular complexity index is 821. The number of carbonyl (C=O) groups is 2. The number of rotatable bonds is 6. The normalized spacial score (nSPS) is 10.3. The summed E-state index contributed by atoms with van der Waals surface area (Å²) in [5.41, 5.74) is 5.52. The predicted molar refractivity (Wildman–Crippen MR) is 98.8 cm³/mol. The molecule has 2 rings (SSSR count). The summed E-state index contributed by atoms with van der Waals surface area (Å²) in [5.74, 6) is -0.0914. The molecule has 0 bridgehead atoms. The number of phenolic OH excluding ortho intramolecular Hbond substituents is 1. The number of nitrogens with one attached hydrogen (secondary N) is 2. The number of phenols is 1. The highest BCUT2D eigenvalue weighted by atomic mass is 16.5. The molecule has 0 unspecified atom stereocenters. The zero-order chi connectivity index (χ0) is 19.8. The molecular formula is C19H20N2O6. The topological polar surface area (TPSA) is 106 Å². The lowest BCUT2D eigenvalue weighted by atomic mass is 10.1. The zero-order valence-corrected chi connectivity index (χ0v) is 15.1. The van der Waals surface area contributed by atoms with Gasteiger partial charge in [-0.1, -0.05) is 0 Å². The van der Waals surface area contributed by atoms with E-state index in [1.807, 2.05) is 0 Å². The van der Waals surface area contributed by atoms with Crippen LogP contribution in [0.15, 0.2) is 42.5 Å². The molecule has 27 heavy (non-hydrogen) atoms. The van der Waals surface area contributed by atoms with Crippen LogP contribution in [-0.2, 0) is 4.79 Å². The van der Waals surface area contributed by atoms with Crippen LogP contribution in [0, 0.1) is 0 Å². The van der Waals surface area contributed by atoms with Crippen LogP contribution < -0.4 is 25.1 Å². The van der Waals surface area contributed by atoms with Crippen LogP contribution in [0.25, 0.3) is 6.08 Å². The largest absolute Gasteiger partial charge is 0.502 e. The molecule has 3 N–H and O–H groups in total. The fourth-order valence-electron chi connectivity index (χ4n) is 2.16. The third kappa shape index (κ3) is 5.15. The minimum absolute atomic E-state index is 0.131. The van der Waals surface area contributed by atoms with Crippen LogP contribution in [-0.4, -0.2) is 38.3 Å². The Morgan fingerprint density at radius 2 is 1.52 bits per heavy atom. The van der Waals surface area contributed by atoms with E-state index in [1.54, 1.807) is 24.3 Å². The molecule has 0 radical (unpaired) electrons. The van der Waals surface area contributed by atoms with E-state index in [0.29, 0.717) is 16.9 Å². The van der Waals surface area contributed by atoms with Gasteiger partial charge in [-0.05, 0) is 48.0 Å². The second-order valence-corrected chi connectivity index (χ2v) is 5.28. The molecule has 8 heteroatoms. The quantitative estimate of drug-likeness (QED) is 0.528. The summed E-state index contributed by atoms with van der Waals surface area (Å²) in [6.07, 6.45) is 2.71. The number of ether oxygens (including phenoxy) is 3.